The average molecular weight is 1200 g/mol. The molecule has 0 radical (unpaired) electrons. The third kappa shape index (κ3) is 33.5. The zero-order valence-corrected chi connectivity index (χ0v) is 56.9. The topological polar surface area (TPSA) is 57.4 Å². The lowest BCUT2D eigenvalue weighted by Gasteiger charge is -1.98. The maximum Gasteiger partial charge on any atom is 0.227 e. The van der Waals surface area contributed by atoms with Gasteiger partial charge in [0.25, 0.3) is 0 Å². The second-order valence-electron chi connectivity index (χ2n) is 22.4. The summed E-state index contributed by atoms with van der Waals surface area (Å²) < 4.78 is 12.2. The second kappa shape index (κ2) is 43.1. The van der Waals surface area contributed by atoms with E-state index in [-0.39, 0.29) is 11.6 Å². The van der Waals surface area contributed by atoms with Gasteiger partial charge in [-0.05, 0) is 111 Å². The van der Waals surface area contributed by atoms with E-state index < -0.39 is 0 Å². The number of hydrogen-bond donors (Lipinski definition) is 0. The van der Waals surface area contributed by atoms with Gasteiger partial charge in [-0.15, -0.1) is 0 Å². The summed E-state index contributed by atoms with van der Waals surface area (Å²) >= 11 is 0. The molecule has 8 heteroatoms. The van der Waals surface area contributed by atoms with Gasteiger partial charge in [0.2, 0.25) is 18.0 Å². The van der Waals surface area contributed by atoms with Crippen LogP contribution in [-0.2, 0) is 40.7 Å². The number of carbonyl (C=O) groups excluding carboxylic acids is 2. The Bertz CT molecular complexity index is 3500. The molecule has 90 heavy (non-hydrogen) atoms. The normalized spacial score (nSPS) is 9.60. The van der Waals surface area contributed by atoms with Crippen LogP contribution >= 0.6 is 0 Å². The molecule has 0 saturated heterocycles. The van der Waals surface area contributed by atoms with Gasteiger partial charge in [0.15, 0.2) is 80.1 Å². The van der Waals surface area contributed by atoms with Crippen LogP contribution in [-0.4, -0.2) is 11.6 Å². The summed E-state index contributed by atoms with van der Waals surface area (Å²) in [6.45, 7) is 28.4. The molecule has 8 nitrogen and oxygen atoms in total. The smallest absolute Gasteiger partial charge is 0.227 e. The third-order valence-corrected chi connectivity index (χ3v) is 13.7. The molecule has 466 valence electrons. The van der Waals surface area contributed by atoms with Crippen molar-refractivity contribution < 1.29 is 37.0 Å². The van der Waals surface area contributed by atoms with E-state index in [0.717, 1.165) is 24.1 Å². The molecule has 11 aromatic rings. The van der Waals surface area contributed by atoms with Crippen molar-refractivity contribution in [3.63, 3.8) is 0 Å². The molecule has 0 fully saturated rings. The largest absolute Gasteiger partial charge is 0.294 e. The molecular formula is C82H102N6O2+6. The highest BCUT2D eigenvalue weighted by Gasteiger charge is 2.11. The molecule has 0 unspecified atom stereocenters. The average Bonchev–Trinajstić information content (AvgIpc) is 3.65. The molecular weight excluding hydrogens is 1100 g/mol. The van der Waals surface area contributed by atoms with Gasteiger partial charge in [-0.3, -0.25) is 9.59 Å². The van der Waals surface area contributed by atoms with Gasteiger partial charge in [0, 0.05) is 101 Å². The van der Waals surface area contributed by atoms with Crippen LogP contribution in [0.1, 0.15) is 109 Å². The van der Waals surface area contributed by atoms with Crippen LogP contribution < -0.4 is 27.4 Å². The minimum Gasteiger partial charge on any atom is -0.294 e. The Morgan fingerprint density at radius 3 is 0.989 bits per heavy atom. The van der Waals surface area contributed by atoms with Crippen molar-refractivity contribution in [2.24, 2.45) is 21.1 Å². The Morgan fingerprint density at radius 1 is 0.300 bits per heavy atom. The van der Waals surface area contributed by atoms with Crippen LogP contribution in [0, 0.1) is 69.2 Å². The predicted molar refractivity (Wildman–Crippen MR) is 371 cm³/mol. The van der Waals surface area contributed by atoms with E-state index in [1.165, 1.54) is 66.9 Å². The van der Waals surface area contributed by atoms with Crippen molar-refractivity contribution in [2.45, 2.75) is 116 Å². The van der Waals surface area contributed by atoms with E-state index in [9.17, 15) is 9.59 Å². The van der Waals surface area contributed by atoms with Crippen LogP contribution in [0.5, 0.6) is 0 Å². The van der Waals surface area contributed by atoms with E-state index in [0.29, 0.717) is 13.0 Å². The van der Waals surface area contributed by atoms with Gasteiger partial charge < -0.3 is 0 Å². The summed E-state index contributed by atoms with van der Waals surface area (Å²) in [5, 5.41) is 0. The minimum atomic E-state index is 0.135. The fraction of sp³-hybridized carbons (Fsp3) is 0.244. The van der Waals surface area contributed by atoms with Gasteiger partial charge in [-0.25, -0.2) is 18.3 Å². The van der Waals surface area contributed by atoms with E-state index in [1.54, 1.807) is 0 Å². The van der Waals surface area contributed by atoms with Gasteiger partial charge in [0.1, 0.15) is 27.7 Å². The van der Waals surface area contributed by atoms with Crippen molar-refractivity contribution in [2.75, 3.05) is 0 Å². The highest BCUT2D eigenvalue weighted by molar-refractivity contribution is 5.96. The Hall–Kier alpha value is -9.66. The number of nitrogens with zero attached hydrogens (tertiary/aromatic N) is 6. The summed E-state index contributed by atoms with van der Waals surface area (Å²) in [7, 11) is 6.05. The van der Waals surface area contributed by atoms with Crippen molar-refractivity contribution in [3.8, 4) is 5.69 Å². The lowest BCUT2D eigenvalue weighted by atomic mass is 10.1. The molecule has 6 heterocycles. The van der Waals surface area contributed by atoms with Gasteiger partial charge >= 0.3 is 0 Å². The first-order chi connectivity index (χ1) is 43.2. The van der Waals surface area contributed by atoms with Crippen LogP contribution in [0.25, 0.3) is 5.69 Å². The van der Waals surface area contributed by atoms with Crippen LogP contribution in [0.4, 0.5) is 0 Å². The number of carbonyl (C=O) groups is 2. The molecule has 0 aliphatic carbocycles. The summed E-state index contributed by atoms with van der Waals surface area (Å²) in [5.74, 6) is 0.348. The second-order valence-corrected chi connectivity index (χ2v) is 22.4. The number of benzene rings is 5. The molecule has 0 saturated carbocycles. The van der Waals surface area contributed by atoms with Gasteiger partial charge in [0.05, 0.1) is 0 Å². The molecule has 11 rings (SSSR count). The van der Waals surface area contributed by atoms with Gasteiger partial charge in [-0.2, -0.15) is 9.13 Å². The molecule has 6 aromatic heterocycles. The number of rotatable bonds is 8. The van der Waals surface area contributed by atoms with Crippen molar-refractivity contribution in [1.29, 1.82) is 0 Å². The highest BCUT2D eigenvalue weighted by atomic mass is 16.1. The molecule has 5 aromatic carbocycles. The zero-order valence-electron chi connectivity index (χ0n) is 56.9. The monoisotopic (exact) mass is 1200 g/mol. The molecule has 0 N–H and O–H groups in total. The van der Waals surface area contributed by atoms with E-state index in [1.807, 2.05) is 207 Å². The lowest BCUT2D eigenvalue weighted by Crippen LogP contribution is -2.36. The number of aromatic nitrogens is 6. The number of ketones is 2. The number of hydrogen-bond acceptors (Lipinski definition) is 2. The molecule has 0 atom stereocenters. The molecule has 0 spiro atoms. The first-order valence-corrected chi connectivity index (χ1v) is 31.1. The fourth-order valence-electron chi connectivity index (χ4n) is 7.97. The van der Waals surface area contributed by atoms with E-state index in [4.69, 9.17) is 0 Å². The maximum atomic E-state index is 11.9. The molecule has 0 amide bonds. The number of aryl methyl sites for hydroxylation is 15. The van der Waals surface area contributed by atoms with Crippen molar-refractivity contribution in [1.82, 2.24) is 0 Å². The van der Waals surface area contributed by atoms with Crippen molar-refractivity contribution in [3.05, 3.63) is 353 Å². The lowest BCUT2D eigenvalue weighted by molar-refractivity contribution is -0.693. The Morgan fingerprint density at radius 2 is 0.644 bits per heavy atom. The first-order valence-electron chi connectivity index (χ1n) is 31.1. The third-order valence-electron chi connectivity index (χ3n) is 13.7. The van der Waals surface area contributed by atoms with E-state index in [2.05, 4.69) is 212 Å². The Labute approximate surface area is 541 Å². The molecule has 0 aliphatic rings. The molecule has 0 bridgehead atoms. The maximum absolute atomic E-state index is 11.9. The Kier molecular flexibility index (Phi) is 35.7. The van der Waals surface area contributed by atoms with E-state index >= 15 is 0 Å². The number of pyridine rings is 6. The SMILES string of the molecule is CCC(=O)c1ccc(C)cc1.CC[n+]1cccc(C)c1.CCc1ccc(C)cc1.Cc1cc[n+](C)cc1.Cc1cc[n+](C)cc1.Cc1ccc(-[n+]2ccccc2)cc1.Cc1ccc(C(=O)C[n+]2ccccc2)cc1.Cc1ccc(C)cc1.Cc1ccc[n+](C)c1. The van der Waals surface area contributed by atoms with Crippen LogP contribution in [0.2, 0.25) is 0 Å². The quantitative estimate of drug-likeness (QED) is 0.112. The minimum absolute atomic E-state index is 0.135. The summed E-state index contributed by atoms with van der Waals surface area (Å²) in [4.78, 5) is 23.0. The number of Topliss-reactive ketones (excluding diaryl/α,β-unsaturated/α-hetero) is 2. The summed E-state index contributed by atoms with van der Waals surface area (Å²) in [6, 6.07) is 69.4. The first kappa shape index (κ1) is 74.6. The van der Waals surface area contributed by atoms with Crippen molar-refractivity contribution >= 4 is 11.6 Å². The van der Waals surface area contributed by atoms with Crippen LogP contribution in [0.3, 0.4) is 0 Å². The van der Waals surface area contributed by atoms with Gasteiger partial charge in [-0.1, -0.05) is 169 Å². The zero-order chi connectivity index (χ0) is 66.1. The van der Waals surface area contributed by atoms with Crippen LogP contribution in [0.15, 0.2) is 281 Å². The highest BCUT2D eigenvalue weighted by Crippen LogP contribution is 2.07. The summed E-state index contributed by atoms with van der Waals surface area (Å²) in [6.07, 6.45) is 26.1. The standard InChI is InChI=1S/C14H14NO.C12H12N.C10H12O.C9H12.C8H12N.C8H10.3C7H10N/c1-12-5-7-13(8-6-12)14(16)11-15-9-3-2-4-10-15;1-11-5-7-12(8-6-11)13-9-3-2-4-10-13;1-3-10(11)9-6-4-8(2)5-7-9;1-3-9-6-4-8(2)5-7-9;1-3-9-6-4-5-8(2)7-9;3*1-7-3-5-8(2)6-4-7;1-7-4-3-5-8(2)6-7/h2-10H,11H2,1H3;2-10H,1H3;4-7H,3H2,1-2H3;2*4-7H,3H2,1-2H3;4*3-6H,1-2H3/q2*+1;;;+1;;3*+1. The Balaban J connectivity index is 0.000000268. The predicted octanol–water partition coefficient (Wildman–Crippen LogP) is 15.6. The molecule has 0 aliphatic heterocycles. The summed E-state index contributed by atoms with van der Waals surface area (Å²) in [5.41, 5.74) is 17.1. The fourth-order valence-corrected chi connectivity index (χ4v) is 7.97.